The monoisotopic (exact) mass is 314 g/mol. The summed E-state index contributed by atoms with van der Waals surface area (Å²) in [4.78, 5) is 39.2. The first-order valence-electron chi connectivity index (χ1n) is 8.19. The number of imide groups is 1. The molecule has 5 nitrogen and oxygen atoms in total. The fraction of sp³-hybridized carbons (Fsp3) is 0.500. The van der Waals surface area contributed by atoms with Crippen molar-refractivity contribution in [1.82, 2.24) is 9.80 Å². The van der Waals surface area contributed by atoms with Crippen LogP contribution in [0.5, 0.6) is 0 Å². The summed E-state index contributed by atoms with van der Waals surface area (Å²) in [6, 6.07) is 7.33. The second-order valence-corrected chi connectivity index (χ2v) is 6.84. The number of hydrogen-bond acceptors (Lipinski definition) is 3. The number of rotatable bonds is 6. The van der Waals surface area contributed by atoms with E-state index in [1.807, 2.05) is 12.1 Å². The molecule has 122 valence electrons. The van der Waals surface area contributed by atoms with Crippen LogP contribution in [0.15, 0.2) is 24.3 Å². The Morgan fingerprint density at radius 3 is 2.39 bits per heavy atom. The van der Waals surface area contributed by atoms with Crippen LogP contribution in [0.1, 0.15) is 42.6 Å². The van der Waals surface area contributed by atoms with E-state index in [1.165, 1.54) is 5.56 Å². The summed E-state index contributed by atoms with van der Waals surface area (Å²) in [6.45, 7) is 4.25. The molecule has 1 saturated carbocycles. The maximum atomic E-state index is 12.4. The number of carbonyl (C=O) groups excluding carboxylic acids is 3. The molecule has 1 aromatic rings. The molecular weight excluding hydrogens is 292 g/mol. The Morgan fingerprint density at radius 1 is 1.17 bits per heavy atom. The molecule has 1 saturated heterocycles. The highest BCUT2D eigenvalue weighted by atomic mass is 16.2. The molecule has 1 aromatic carbocycles. The van der Waals surface area contributed by atoms with Crippen LogP contribution in [-0.2, 0) is 11.2 Å². The van der Waals surface area contributed by atoms with Gasteiger partial charge in [-0.2, -0.15) is 0 Å². The Morgan fingerprint density at radius 2 is 1.83 bits per heavy atom. The molecule has 5 heteroatoms. The first-order valence-corrected chi connectivity index (χ1v) is 8.19. The fourth-order valence-electron chi connectivity index (χ4n) is 2.92. The number of Topliss-reactive ketones (excluding diaryl/α,β-unsaturated/α-hetero) is 1. The Kier molecular flexibility index (Phi) is 4.20. The minimum atomic E-state index is -0.317. The summed E-state index contributed by atoms with van der Waals surface area (Å²) in [7, 11) is 0. The Hall–Kier alpha value is -2.17. The van der Waals surface area contributed by atoms with Crippen LogP contribution in [-0.4, -0.2) is 46.7 Å². The molecule has 0 aromatic heterocycles. The summed E-state index contributed by atoms with van der Waals surface area (Å²) >= 11 is 0. The van der Waals surface area contributed by atoms with Gasteiger partial charge in [-0.1, -0.05) is 38.1 Å². The van der Waals surface area contributed by atoms with Gasteiger partial charge in [0.1, 0.15) is 6.54 Å². The van der Waals surface area contributed by atoms with Crippen LogP contribution in [0.4, 0.5) is 4.79 Å². The highest BCUT2D eigenvalue weighted by molar-refractivity contribution is 6.08. The molecule has 2 fully saturated rings. The Labute approximate surface area is 136 Å². The topological polar surface area (TPSA) is 57.7 Å². The first kappa shape index (κ1) is 15.7. The van der Waals surface area contributed by atoms with Crippen LogP contribution in [0, 0.1) is 5.92 Å². The Balaban J connectivity index is 1.64. The van der Waals surface area contributed by atoms with Gasteiger partial charge in [-0.3, -0.25) is 14.5 Å². The van der Waals surface area contributed by atoms with Gasteiger partial charge < -0.3 is 4.90 Å². The lowest BCUT2D eigenvalue weighted by molar-refractivity contribution is -0.125. The van der Waals surface area contributed by atoms with Crippen molar-refractivity contribution in [2.24, 2.45) is 5.92 Å². The van der Waals surface area contributed by atoms with Crippen molar-refractivity contribution in [3.63, 3.8) is 0 Å². The molecule has 0 atom stereocenters. The number of hydrogen-bond donors (Lipinski definition) is 0. The highest BCUT2D eigenvalue weighted by Gasteiger charge is 2.44. The normalized spacial score (nSPS) is 18.2. The van der Waals surface area contributed by atoms with Gasteiger partial charge in [-0.15, -0.1) is 0 Å². The average molecular weight is 314 g/mol. The third kappa shape index (κ3) is 3.44. The van der Waals surface area contributed by atoms with E-state index in [-0.39, 0.29) is 36.9 Å². The van der Waals surface area contributed by atoms with Gasteiger partial charge in [0, 0.05) is 11.6 Å². The van der Waals surface area contributed by atoms with Crippen molar-refractivity contribution in [3.8, 4) is 0 Å². The molecule has 0 radical (unpaired) electrons. The highest BCUT2D eigenvalue weighted by Crippen LogP contribution is 2.30. The number of nitrogens with zero attached hydrogens (tertiary/aromatic N) is 2. The molecule has 3 rings (SSSR count). The molecule has 0 N–H and O–H groups in total. The maximum absolute atomic E-state index is 12.4. The van der Waals surface area contributed by atoms with Crippen molar-refractivity contribution in [3.05, 3.63) is 35.4 Å². The van der Waals surface area contributed by atoms with Crippen LogP contribution < -0.4 is 0 Å². The van der Waals surface area contributed by atoms with Crippen molar-refractivity contribution in [2.45, 2.75) is 39.2 Å². The molecule has 3 amide bonds. The lowest BCUT2D eigenvalue weighted by atomic mass is 10.0. The molecule has 0 unspecified atom stereocenters. The van der Waals surface area contributed by atoms with Gasteiger partial charge in [-0.25, -0.2) is 4.79 Å². The average Bonchev–Trinajstić information content (AvgIpc) is 3.30. The van der Waals surface area contributed by atoms with Gasteiger partial charge in [0.15, 0.2) is 5.78 Å². The largest absolute Gasteiger partial charge is 0.327 e. The molecular formula is C18H22N2O3. The van der Waals surface area contributed by atoms with Crippen LogP contribution >= 0.6 is 0 Å². The number of urea groups is 1. The van der Waals surface area contributed by atoms with E-state index in [1.54, 1.807) is 17.0 Å². The minimum absolute atomic E-state index is 0.115. The third-order valence-electron chi connectivity index (χ3n) is 4.29. The predicted octanol–water partition coefficient (Wildman–Crippen LogP) is 2.49. The zero-order valence-electron chi connectivity index (χ0n) is 13.6. The van der Waals surface area contributed by atoms with E-state index in [0.29, 0.717) is 11.5 Å². The van der Waals surface area contributed by atoms with Crippen molar-refractivity contribution in [2.75, 3.05) is 13.1 Å². The van der Waals surface area contributed by atoms with Gasteiger partial charge in [0.2, 0.25) is 0 Å². The zero-order chi connectivity index (χ0) is 16.6. The van der Waals surface area contributed by atoms with Crippen LogP contribution in [0.25, 0.3) is 0 Å². The Bertz CT molecular complexity index is 632. The zero-order valence-corrected chi connectivity index (χ0v) is 13.6. The number of benzene rings is 1. The fourth-order valence-corrected chi connectivity index (χ4v) is 2.92. The summed E-state index contributed by atoms with van der Waals surface area (Å²) < 4.78 is 0. The second-order valence-electron chi connectivity index (χ2n) is 6.84. The van der Waals surface area contributed by atoms with E-state index < -0.39 is 0 Å². The molecule has 1 aliphatic heterocycles. The summed E-state index contributed by atoms with van der Waals surface area (Å²) in [5.41, 5.74) is 1.73. The van der Waals surface area contributed by atoms with E-state index in [0.717, 1.165) is 24.2 Å². The standard InChI is InChI=1S/C18H22N2O3/c1-12(2)9-13-3-5-14(6-4-13)16(21)10-20-17(22)11-19(18(20)23)15-7-8-15/h3-6,12,15H,7-11H2,1-2H3. The SMILES string of the molecule is CC(C)Cc1ccc(C(=O)CN2C(=O)CN(C3CC3)C2=O)cc1. The predicted molar refractivity (Wildman–Crippen MR) is 86.2 cm³/mol. The minimum Gasteiger partial charge on any atom is -0.312 e. The van der Waals surface area contributed by atoms with Crippen LogP contribution in [0.2, 0.25) is 0 Å². The lowest BCUT2D eigenvalue weighted by Crippen LogP contribution is -2.37. The maximum Gasteiger partial charge on any atom is 0.327 e. The van der Waals surface area contributed by atoms with Crippen molar-refractivity contribution in [1.29, 1.82) is 0 Å². The van der Waals surface area contributed by atoms with Gasteiger partial charge in [0.05, 0.1) is 6.54 Å². The van der Waals surface area contributed by atoms with Crippen molar-refractivity contribution >= 4 is 17.7 Å². The summed E-state index contributed by atoms with van der Waals surface area (Å²) in [5.74, 6) is 0.0944. The van der Waals surface area contributed by atoms with Crippen molar-refractivity contribution < 1.29 is 14.4 Å². The summed E-state index contributed by atoms with van der Waals surface area (Å²) in [5, 5.41) is 0. The van der Waals surface area contributed by atoms with E-state index in [2.05, 4.69) is 13.8 Å². The molecule has 1 heterocycles. The van der Waals surface area contributed by atoms with Gasteiger partial charge in [0.25, 0.3) is 5.91 Å². The van der Waals surface area contributed by atoms with Gasteiger partial charge >= 0.3 is 6.03 Å². The molecule has 1 aliphatic carbocycles. The molecule has 0 spiro atoms. The second kappa shape index (κ2) is 6.14. The number of carbonyl (C=O) groups is 3. The van der Waals surface area contributed by atoms with Crippen LogP contribution in [0.3, 0.4) is 0 Å². The molecule has 0 bridgehead atoms. The van der Waals surface area contributed by atoms with E-state index in [4.69, 9.17) is 0 Å². The molecule has 23 heavy (non-hydrogen) atoms. The van der Waals surface area contributed by atoms with E-state index in [9.17, 15) is 14.4 Å². The lowest BCUT2D eigenvalue weighted by Gasteiger charge is -2.16. The van der Waals surface area contributed by atoms with E-state index >= 15 is 0 Å². The number of amides is 3. The van der Waals surface area contributed by atoms with Gasteiger partial charge in [-0.05, 0) is 30.7 Å². The third-order valence-corrected chi connectivity index (χ3v) is 4.29. The molecule has 2 aliphatic rings. The smallest absolute Gasteiger partial charge is 0.312 e. The first-order chi connectivity index (χ1) is 11.0. The number of ketones is 1. The quantitative estimate of drug-likeness (QED) is 0.599. The summed E-state index contributed by atoms with van der Waals surface area (Å²) in [6.07, 6.45) is 2.88.